The molecule has 2 aromatic rings. The van der Waals surface area contributed by atoms with E-state index in [1.165, 1.54) is 22.2 Å². The molecule has 1 fully saturated rings. The van der Waals surface area contributed by atoms with Crippen molar-refractivity contribution in [3.63, 3.8) is 0 Å². The lowest BCUT2D eigenvalue weighted by Crippen LogP contribution is -2.37. The van der Waals surface area contributed by atoms with Crippen LogP contribution in [0.5, 0.6) is 0 Å². The van der Waals surface area contributed by atoms with Gasteiger partial charge < -0.3 is 9.84 Å². The van der Waals surface area contributed by atoms with Gasteiger partial charge in [0.05, 0.1) is 16.4 Å². The van der Waals surface area contributed by atoms with Crippen LogP contribution in [-0.2, 0) is 20.8 Å². The van der Waals surface area contributed by atoms with Crippen LogP contribution < -0.4 is 5.32 Å². The summed E-state index contributed by atoms with van der Waals surface area (Å²) in [7, 11) is 0. The first-order chi connectivity index (χ1) is 15.6. The van der Waals surface area contributed by atoms with Crippen LogP contribution in [0, 0.1) is 13.8 Å². The summed E-state index contributed by atoms with van der Waals surface area (Å²) in [6, 6.07) is 7.98. The van der Waals surface area contributed by atoms with Crippen molar-refractivity contribution in [3.05, 3.63) is 57.3 Å². The van der Waals surface area contributed by atoms with E-state index in [2.05, 4.69) is 31.2 Å². The molecule has 176 valence electrons. The molecular weight excluding hydrogens is 458 g/mol. The lowest BCUT2D eigenvalue weighted by molar-refractivity contribution is -0.123. The van der Waals surface area contributed by atoms with E-state index < -0.39 is 0 Å². The molecule has 9 heteroatoms. The minimum Gasteiger partial charge on any atom is -0.361 e. The van der Waals surface area contributed by atoms with Crippen LogP contribution in [0.15, 0.2) is 33.7 Å². The van der Waals surface area contributed by atoms with E-state index >= 15 is 0 Å². The van der Waals surface area contributed by atoms with Crippen molar-refractivity contribution >= 4 is 46.7 Å². The predicted molar refractivity (Wildman–Crippen MR) is 133 cm³/mol. The Hall–Kier alpha value is -2.52. The van der Waals surface area contributed by atoms with Gasteiger partial charge in [0.2, 0.25) is 5.91 Å². The Morgan fingerprint density at radius 3 is 2.52 bits per heavy atom. The van der Waals surface area contributed by atoms with Gasteiger partial charge in [-0.2, -0.15) is 0 Å². The molecule has 1 aliphatic rings. The number of benzene rings is 1. The number of thioether (sulfide) groups is 2. The molecule has 0 atom stereocenters. The molecule has 33 heavy (non-hydrogen) atoms. The first-order valence-corrected chi connectivity index (χ1v) is 12.7. The summed E-state index contributed by atoms with van der Waals surface area (Å²) in [6.07, 6.45) is 1.74. The maximum Gasteiger partial charge on any atom is 0.293 e. The molecular formula is C24H29N3O4S2. The van der Waals surface area contributed by atoms with Gasteiger partial charge in [0.15, 0.2) is 0 Å². The highest BCUT2D eigenvalue weighted by Gasteiger charge is 2.34. The van der Waals surface area contributed by atoms with E-state index in [4.69, 9.17) is 4.52 Å². The van der Waals surface area contributed by atoms with E-state index in [0.717, 1.165) is 34.3 Å². The topological polar surface area (TPSA) is 92.5 Å². The van der Waals surface area contributed by atoms with Crippen LogP contribution in [0.4, 0.5) is 4.79 Å². The van der Waals surface area contributed by atoms with E-state index in [1.807, 2.05) is 38.1 Å². The largest absolute Gasteiger partial charge is 0.361 e. The summed E-state index contributed by atoms with van der Waals surface area (Å²) in [6.45, 7) is 10.5. The molecule has 7 nitrogen and oxygen atoms in total. The van der Waals surface area contributed by atoms with Crippen LogP contribution in [0.1, 0.15) is 48.9 Å². The molecule has 3 rings (SSSR count). The van der Waals surface area contributed by atoms with Gasteiger partial charge in [0.25, 0.3) is 11.1 Å². The van der Waals surface area contributed by atoms with Gasteiger partial charge in [-0.15, -0.1) is 11.8 Å². The van der Waals surface area contributed by atoms with Crippen LogP contribution in [-0.4, -0.2) is 46.0 Å². The molecule has 0 bridgehead atoms. The summed E-state index contributed by atoms with van der Waals surface area (Å²) in [4.78, 5) is 38.7. The molecule has 0 spiro atoms. The van der Waals surface area contributed by atoms with E-state index in [0.29, 0.717) is 10.7 Å². The fourth-order valence-corrected chi connectivity index (χ4v) is 5.11. The van der Waals surface area contributed by atoms with Gasteiger partial charge >= 0.3 is 0 Å². The molecule has 0 radical (unpaired) electrons. The van der Waals surface area contributed by atoms with E-state index in [-0.39, 0.29) is 41.3 Å². The number of amides is 3. The highest BCUT2D eigenvalue weighted by Crippen LogP contribution is 2.32. The maximum atomic E-state index is 12.7. The number of hydrogen-bond donors (Lipinski definition) is 1. The Morgan fingerprint density at radius 2 is 1.91 bits per heavy atom. The Balaban J connectivity index is 1.47. The Morgan fingerprint density at radius 1 is 1.21 bits per heavy atom. The second-order valence-corrected chi connectivity index (χ2v) is 10.8. The first-order valence-electron chi connectivity index (χ1n) is 10.7. The van der Waals surface area contributed by atoms with Crippen molar-refractivity contribution in [3.8, 4) is 0 Å². The Kier molecular flexibility index (Phi) is 8.07. The van der Waals surface area contributed by atoms with Crippen molar-refractivity contribution in [2.45, 2.75) is 45.8 Å². The number of hydrogen-bond acceptors (Lipinski definition) is 7. The second-order valence-electron chi connectivity index (χ2n) is 8.85. The smallest absolute Gasteiger partial charge is 0.293 e. The molecule has 0 aliphatic carbocycles. The lowest BCUT2D eigenvalue weighted by atomic mass is 9.87. The number of imide groups is 1. The van der Waals surface area contributed by atoms with Gasteiger partial charge in [0.1, 0.15) is 5.76 Å². The van der Waals surface area contributed by atoms with Crippen LogP contribution >= 0.6 is 23.5 Å². The summed E-state index contributed by atoms with van der Waals surface area (Å²) in [5, 5.41) is 6.35. The van der Waals surface area contributed by atoms with Gasteiger partial charge in [-0.1, -0.05) is 50.2 Å². The third kappa shape index (κ3) is 6.51. The molecule has 1 aliphatic heterocycles. The zero-order chi connectivity index (χ0) is 24.2. The monoisotopic (exact) mass is 487 g/mol. The number of carbonyl (C=O) groups is 3. The number of nitrogens with zero attached hydrogens (tertiary/aromatic N) is 2. The Bertz CT molecular complexity index is 1050. The molecule has 1 saturated heterocycles. The van der Waals surface area contributed by atoms with Crippen LogP contribution in [0.2, 0.25) is 0 Å². The van der Waals surface area contributed by atoms with E-state index in [1.54, 1.807) is 6.08 Å². The summed E-state index contributed by atoms with van der Waals surface area (Å²) in [5.41, 5.74) is 3.96. The van der Waals surface area contributed by atoms with Gasteiger partial charge in [-0.3, -0.25) is 19.3 Å². The average molecular weight is 488 g/mol. The summed E-state index contributed by atoms with van der Waals surface area (Å²) < 4.78 is 5.12. The van der Waals surface area contributed by atoms with Crippen LogP contribution in [0.25, 0.3) is 6.08 Å². The molecule has 2 heterocycles. The number of aromatic nitrogens is 1. The molecule has 0 saturated carbocycles. The molecule has 1 N–H and O–H groups in total. The minimum absolute atomic E-state index is 0.0493. The molecule has 3 amide bonds. The standard InChI is InChI=1S/C24H29N3O4S2/c1-15-19(16(2)31-26-15)13-32-14-21(28)25-10-11-27-22(29)20(33-23(27)30)12-17-6-8-18(9-7-17)24(3,4)5/h6-9,12H,10-11,13-14H2,1-5H3,(H,25,28). The molecule has 1 aromatic carbocycles. The van der Waals surface area contributed by atoms with Crippen molar-refractivity contribution in [1.29, 1.82) is 0 Å². The normalized spacial score (nSPS) is 15.5. The highest BCUT2D eigenvalue weighted by molar-refractivity contribution is 8.18. The van der Waals surface area contributed by atoms with Crippen molar-refractivity contribution < 1.29 is 18.9 Å². The second kappa shape index (κ2) is 10.6. The first kappa shape index (κ1) is 25.1. The fourth-order valence-electron chi connectivity index (χ4n) is 3.24. The zero-order valence-corrected chi connectivity index (χ0v) is 21.2. The summed E-state index contributed by atoms with van der Waals surface area (Å²) >= 11 is 2.39. The lowest BCUT2D eigenvalue weighted by Gasteiger charge is -2.18. The fraction of sp³-hybridized carbons (Fsp3) is 0.417. The van der Waals surface area contributed by atoms with Crippen LogP contribution in [0.3, 0.4) is 0 Å². The SMILES string of the molecule is Cc1noc(C)c1CSCC(=O)NCCN1C(=O)SC(=Cc2ccc(C(C)(C)C)cc2)C1=O. The number of rotatable bonds is 8. The van der Waals surface area contributed by atoms with Crippen molar-refractivity contribution in [1.82, 2.24) is 15.4 Å². The summed E-state index contributed by atoms with van der Waals surface area (Å²) in [5.74, 6) is 1.20. The quantitative estimate of drug-likeness (QED) is 0.541. The minimum atomic E-state index is -0.327. The highest BCUT2D eigenvalue weighted by atomic mass is 32.2. The van der Waals surface area contributed by atoms with Crippen molar-refractivity contribution in [2.75, 3.05) is 18.8 Å². The molecule has 0 unspecified atom stereocenters. The number of aryl methyl sites for hydroxylation is 2. The molecule has 1 aromatic heterocycles. The number of nitrogens with one attached hydrogen (secondary N) is 1. The van der Waals surface area contributed by atoms with Gasteiger partial charge in [-0.05, 0) is 48.2 Å². The third-order valence-electron chi connectivity index (χ3n) is 5.27. The Labute approximate surface area is 202 Å². The van der Waals surface area contributed by atoms with E-state index in [9.17, 15) is 14.4 Å². The average Bonchev–Trinajstić information content (AvgIpc) is 3.20. The van der Waals surface area contributed by atoms with Crippen molar-refractivity contribution in [2.24, 2.45) is 0 Å². The maximum absolute atomic E-state index is 12.7. The van der Waals surface area contributed by atoms with Gasteiger partial charge in [0, 0.05) is 24.4 Å². The van der Waals surface area contributed by atoms with Gasteiger partial charge in [-0.25, -0.2) is 0 Å². The zero-order valence-electron chi connectivity index (χ0n) is 19.6. The number of carbonyl (C=O) groups excluding carboxylic acids is 3. The predicted octanol–water partition coefficient (Wildman–Crippen LogP) is 4.67. The third-order valence-corrected chi connectivity index (χ3v) is 7.13.